The standard InChI is InChI=1S/C17H23N3O2/c1-3-4-9-20-17(21)15(12-18)13-19-10-8-14-6-5-7-16(11-14)22-2/h5-7,11,13,19H,3-4,8-10H2,1-2H3,(H,20,21)/b15-13-. The maximum atomic E-state index is 11.7. The molecule has 5 nitrogen and oxygen atoms in total. The van der Waals surface area contributed by atoms with Crippen LogP contribution < -0.4 is 15.4 Å². The lowest BCUT2D eigenvalue weighted by Gasteiger charge is -2.06. The van der Waals surface area contributed by atoms with E-state index in [1.54, 1.807) is 7.11 Å². The van der Waals surface area contributed by atoms with E-state index in [9.17, 15) is 4.79 Å². The molecule has 0 aliphatic carbocycles. The SMILES string of the molecule is CCCCNC(=O)/C(C#N)=C\NCCc1cccc(OC)c1. The Hall–Kier alpha value is -2.48. The fourth-order valence-electron chi connectivity index (χ4n) is 1.84. The number of ether oxygens (including phenoxy) is 1. The number of unbranched alkanes of at least 4 members (excludes halogenated alkanes) is 1. The zero-order valence-electron chi connectivity index (χ0n) is 13.2. The summed E-state index contributed by atoms with van der Waals surface area (Å²) in [5.74, 6) is 0.492. The van der Waals surface area contributed by atoms with E-state index in [1.807, 2.05) is 37.3 Å². The summed E-state index contributed by atoms with van der Waals surface area (Å²) in [7, 11) is 1.64. The van der Waals surface area contributed by atoms with Crippen molar-refractivity contribution in [3.63, 3.8) is 0 Å². The number of amides is 1. The van der Waals surface area contributed by atoms with Gasteiger partial charge in [0, 0.05) is 19.3 Å². The van der Waals surface area contributed by atoms with Gasteiger partial charge in [-0.1, -0.05) is 25.5 Å². The second-order valence-electron chi connectivity index (χ2n) is 4.83. The van der Waals surface area contributed by atoms with Gasteiger partial charge in [-0.05, 0) is 30.5 Å². The number of nitrogens with one attached hydrogen (secondary N) is 2. The highest BCUT2D eigenvalue weighted by molar-refractivity contribution is 5.97. The lowest BCUT2D eigenvalue weighted by atomic mass is 10.1. The Morgan fingerprint density at radius 3 is 2.91 bits per heavy atom. The summed E-state index contributed by atoms with van der Waals surface area (Å²) in [4.78, 5) is 11.7. The molecule has 0 fully saturated rings. The summed E-state index contributed by atoms with van der Waals surface area (Å²) in [6.07, 6.45) is 4.17. The normalized spacial score (nSPS) is 10.7. The minimum atomic E-state index is -0.329. The molecule has 22 heavy (non-hydrogen) atoms. The van der Waals surface area contributed by atoms with Gasteiger partial charge in [0.05, 0.1) is 7.11 Å². The smallest absolute Gasteiger partial charge is 0.263 e. The number of methoxy groups -OCH3 is 1. The van der Waals surface area contributed by atoms with Crippen LogP contribution in [0.5, 0.6) is 5.75 Å². The van der Waals surface area contributed by atoms with Crippen LogP contribution in [0.2, 0.25) is 0 Å². The molecule has 0 saturated heterocycles. The van der Waals surface area contributed by atoms with Crippen molar-refractivity contribution in [1.29, 1.82) is 5.26 Å². The van der Waals surface area contributed by atoms with E-state index in [1.165, 1.54) is 6.20 Å². The number of nitrogens with zero attached hydrogens (tertiary/aromatic N) is 1. The number of rotatable bonds is 9. The van der Waals surface area contributed by atoms with Crippen molar-refractivity contribution in [2.24, 2.45) is 0 Å². The first kappa shape index (κ1) is 17.6. The summed E-state index contributed by atoms with van der Waals surface area (Å²) < 4.78 is 5.17. The van der Waals surface area contributed by atoms with E-state index in [-0.39, 0.29) is 11.5 Å². The quantitative estimate of drug-likeness (QED) is 0.416. The first-order valence-corrected chi connectivity index (χ1v) is 7.46. The van der Waals surface area contributed by atoms with Gasteiger partial charge in [-0.25, -0.2) is 0 Å². The molecular formula is C17H23N3O2. The molecule has 118 valence electrons. The highest BCUT2D eigenvalue weighted by Gasteiger charge is 2.07. The number of hydrogen-bond acceptors (Lipinski definition) is 4. The average molecular weight is 301 g/mol. The zero-order chi connectivity index (χ0) is 16.2. The second kappa shape index (κ2) is 10.3. The first-order chi connectivity index (χ1) is 10.7. The molecule has 0 saturated carbocycles. The number of carbonyl (C=O) groups is 1. The highest BCUT2D eigenvalue weighted by atomic mass is 16.5. The Bertz CT molecular complexity index is 547. The molecule has 2 N–H and O–H groups in total. The number of carbonyl (C=O) groups excluding carboxylic acids is 1. The van der Waals surface area contributed by atoms with Crippen LogP contribution in [0.25, 0.3) is 0 Å². The lowest BCUT2D eigenvalue weighted by molar-refractivity contribution is -0.117. The molecule has 1 rings (SSSR count). The molecule has 0 atom stereocenters. The zero-order valence-corrected chi connectivity index (χ0v) is 13.2. The molecule has 0 aliphatic heterocycles. The molecule has 0 aromatic heterocycles. The van der Waals surface area contributed by atoms with Crippen LogP contribution in [0.3, 0.4) is 0 Å². The monoisotopic (exact) mass is 301 g/mol. The third-order valence-electron chi connectivity index (χ3n) is 3.12. The third kappa shape index (κ3) is 6.31. The van der Waals surface area contributed by atoms with Gasteiger partial charge >= 0.3 is 0 Å². The summed E-state index contributed by atoms with van der Waals surface area (Å²) in [5, 5.41) is 14.7. The predicted octanol–water partition coefficient (Wildman–Crippen LogP) is 2.15. The van der Waals surface area contributed by atoms with Crippen LogP contribution in [-0.4, -0.2) is 26.1 Å². The van der Waals surface area contributed by atoms with Gasteiger partial charge in [0.1, 0.15) is 17.4 Å². The predicted molar refractivity (Wildman–Crippen MR) is 86.3 cm³/mol. The van der Waals surface area contributed by atoms with Crippen LogP contribution in [0, 0.1) is 11.3 Å². The maximum absolute atomic E-state index is 11.7. The van der Waals surface area contributed by atoms with Gasteiger partial charge in [0.2, 0.25) is 0 Å². The molecule has 0 aliphatic rings. The maximum Gasteiger partial charge on any atom is 0.263 e. The van der Waals surface area contributed by atoms with Crippen LogP contribution >= 0.6 is 0 Å². The lowest BCUT2D eigenvalue weighted by Crippen LogP contribution is -2.26. The van der Waals surface area contributed by atoms with Gasteiger partial charge in [-0.3, -0.25) is 4.79 Å². The number of benzene rings is 1. The summed E-state index contributed by atoms with van der Waals surface area (Å²) >= 11 is 0. The van der Waals surface area contributed by atoms with Gasteiger partial charge in [-0.2, -0.15) is 5.26 Å². The van der Waals surface area contributed by atoms with Crippen LogP contribution in [0.1, 0.15) is 25.3 Å². The van der Waals surface area contributed by atoms with E-state index in [0.717, 1.165) is 30.6 Å². The molecule has 0 heterocycles. The van der Waals surface area contributed by atoms with Gasteiger partial charge in [-0.15, -0.1) is 0 Å². The summed E-state index contributed by atoms with van der Waals surface area (Å²) in [6, 6.07) is 9.72. The molecule has 0 spiro atoms. The Morgan fingerprint density at radius 1 is 1.41 bits per heavy atom. The molecule has 5 heteroatoms. The van der Waals surface area contributed by atoms with E-state index >= 15 is 0 Å². The van der Waals surface area contributed by atoms with Gasteiger partial charge < -0.3 is 15.4 Å². The third-order valence-corrected chi connectivity index (χ3v) is 3.12. The Balaban J connectivity index is 2.42. The van der Waals surface area contributed by atoms with Crippen LogP contribution in [-0.2, 0) is 11.2 Å². The first-order valence-electron chi connectivity index (χ1n) is 7.46. The van der Waals surface area contributed by atoms with Crippen molar-refractivity contribution in [3.8, 4) is 11.8 Å². The van der Waals surface area contributed by atoms with E-state index in [0.29, 0.717) is 13.1 Å². The highest BCUT2D eigenvalue weighted by Crippen LogP contribution is 2.12. The van der Waals surface area contributed by atoms with Gasteiger partial charge in [0.25, 0.3) is 5.91 Å². The summed E-state index contributed by atoms with van der Waals surface area (Å²) in [6.45, 7) is 3.28. The average Bonchev–Trinajstić information content (AvgIpc) is 2.55. The largest absolute Gasteiger partial charge is 0.497 e. The summed E-state index contributed by atoms with van der Waals surface area (Å²) in [5.41, 5.74) is 1.23. The molecule has 0 bridgehead atoms. The minimum Gasteiger partial charge on any atom is -0.497 e. The van der Waals surface area contributed by atoms with Crippen LogP contribution in [0.4, 0.5) is 0 Å². The van der Waals surface area contributed by atoms with Crippen molar-refractivity contribution < 1.29 is 9.53 Å². The van der Waals surface area contributed by atoms with Crippen molar-refractivity contribution in [2.75, 3.05) is 20.2 Å². The topological polar surface area (TPSA) is 74.2 Å². The van der Waals surface area contributed by atoms with Gasteiger partial charge in [0.15, 0.2) is 0 Å². The van der Waals surface area contributed by atoms with E-state index < -0.39 is 0 Å². The molecule has 1 aromatic carbocycles. The second-order valence-corrected chi connectivity index (χ2v) is 4.83. The fraction of sp³-hybridized carbons (Fsp3) is 0.412. The van der Waals surface area contributed by atoms with E-state index in [2.05, 4.69) is 10.6 Å². The molecule has 1 aromatic rings. The Kier molecular flexibility index (Phi) is 8.21. The molecule has 1 amide bonds. The fourth-order valence-corrected chi connectivity index (χ4v) is 1.84. The van der Waals surface area contributed by atoms with Crippen LogP contribution in [0.15, 0.2) is 36.0 Å². The number of nitriles is 1. The molecular weight excluding hydrogens is 278 g/mol. The minimum absolute atomic E-state index is 0.0988. The molecule has 0 radical (unpaired) electrons. The van der Waals surface area contributed by atoms with Crippen molar-refractivity contribution in [3.05, 3.63) is 41.6 Å². The molecule has 0 unspecified atom stereocenters. The van der Waals surface area contributed by atoms with Crippen molar-refractivity contribution in [2.45, 2.75) is 26.2 Å². The Morgan fingerprint density at radius 2 is 2.23 bits per heavy atom. The van der Waals surface area contributed by atoms with Crippen molar-refractivity contribution in [1.82, 2.24) is 10.6 Å². The van der Waals surface area contributed by atoms with E-state index in [4.69, 9.17) is 10.00 Å². The Labute approximate surface area is 132 Å². The van der Waals surface area contributed by atoms with Crippen molar-refractivity contribution >= 4 is 5.91 Å². The number of hydrogen-bond donors (Lipinski definition) is 2.